The lowest BCUT2D eigenvalue weighted by Crippen LogP contribution is -2.55. The Kier molecular flexibility index (Phi) is 8.28. The summed E-state index contributed by atoms with van der Waals surface area (Å²) in [5, 5.41) is 0. The first-order valence-corrected chi connectivity index (χ1v) is 11.7. The van der Waals surface area contributed by atoms with Crippen molar-refractivity contribution in [2.75, 3.05) is 45.3 Å². The van der Waals surface area contributed by atoms with Gasteiger partial charge in [0.05, 0.1) is 18.8 Å². The topological polar surface area (TPSA) is 32.8 Å². The second-order valence-electron chi connectivity index (χ2n) is 8.80. The molecule has 2 atom stereocenters. The second kappa shape index (κ2) is 10.9. The molecule has 1 fully saturated rings. The van der Waals surface area contributed by atoms with Crippen LogP contribution in [-0.4, -0.2) is 56.6 Å². The predicted molar refractivity (Wildman–Crippen MR) is 129 cm³/mol. The van der Waals surface area contributed by atoms with Gasteiger partial charge in [0, 0.05) is 30.3 Å². The SMILES string of the molecule is CCCC(c1ccccc1)C(CCC)(C(=O)c1ccc(N2CCOCC2)cc1)N(C)C. The number of nitrogens with zero attached hydrogens (tertiary/aromatic N) is 2. The maximum atomic E-state index is 14.2. The molecule has 1 saturated heterocycles. The van der Waals surface area contributed by atoms with Crippen LogP contribution in [0.4, 0.5) is 5.69 Å². The zero-order chi connectivity index (χ0) is 22.3. The van der Waals surface area contributed by atoms with Crippen molar-refractivity contribution in [2.45, 2.75) is 51.0 Å². The molecular weight excluding hydrogens is 384 g/mol. The van der Waals surface area contributed by atoms with Crippen LogP contribution < -0.4 is 4.90 Å². The molecule has 0 aromatic heterocycles. The molecule has 0 radical (unpaired) electrons. The molecule has 2 aromatic carbocycles. The molecule has 0 saturated carbocycles. The average Bonchev–Trinajstić information content (AvgIpc) is 2.82. The smallest absolute Gasteiger partial charge is 0.183 e. The Bertz CT molecular complexity index is 813. The number of Topliss-reactive ketones (excluding diaryl/α,β-unsaturated/α-hetero) is 1. The van der Waals surface area contributed by atoms with Crippen molar-refractivity contribution in [3.63, 3.8) is 0 Å². The third kappa shape index (κ3) is 5.02. The van der Waals surface area contributed by atoms with E-state index in [0.29, 0.717) is 0 Å². The number of anilines is 1. The van der Waals surface area contributed by atoms with E-state index in [2.05, 4.69) is 80.2 Å². The van der Waals surface area contributed by atoms with Crippen molar-refractivity contribution in [3.8, 4) is 0 Å². The molecule has 1 aliphatic rings. The van der Waals surface area contributed by atoms with Crippen LogP contribution >= 0.6 is 0 Å². The fourth-order valence-corrected chi connectivity index (χ4v) is 5.12. The maximum absolute atomic E-state index is 14.2. The summed E-state index contributed by atoms with van der Waals surface area (Å²) >= 11 is 0. The van der Waals surface area contributed by atoms with E-state index in [1.807, 2.05) is 12.1 Å². The average molecular weight is 423 g/mol. The van der Waals surface area contributed by atoms with Crippen molar-refractivity contribution in [2.24, 2.45) is 0 Å². The van der Waals surface area contributed by atoms with Crippen LogP contribution in [0, 0.1) is 0 Å². The number of hydrogen-bond acceptors (Lipinski definition) is 4. The van der Waals surface area contributed by atoms with Gasteiger partial charge in [-0.15, -0.1) is 0 Å². The molecular formula is C27H38N2O2. The highest BCUT2D eigenvalue weighted by Crippen LogP contribution is 2.42. The lowest BCUT2D eigenvalue weighted by molar-refractivity contribution is 0.0550. The summed E-state index contributed by atoms with van der Waals surface area (Å²) in [6.07, 6.45) is 3.83. The third-order valence-electron chi connectivity index (χ3n) is 6.68. The number of carbonyl (C=O) groups excluding carboxylic acids is 1. The van der Waals surface area contributed by atoms with Gasteiger partial charge in [0.15, 0.2) is 5.78 Å². The van der Waals surface area contributed by atoms with Gasteiger partial charge in [-0.2, -0.15) is 0 Å². The second-order valence-corrected chi connectivity index (χ2v) is 8.80. The van der Waals surface area contributed by atoms with Crippen molar-refractivity contribution in [1.82, 2.24) is 4.90 Å². The van der Waals surface area contributed by atoms with E-state index in [4.69, 9.17) is 4.74 Å². The number of morpholine rings is 1. The number of carbonyl (C=O) groups is 1. The molecule has 1 heterocycles. The zero-order valence-corrected chi connectivity index (χ0v) is 19.6. The van der Waals surface area contributed by atoms with E-state index >= 15 is 0 Å². The monoisotopic (exact) mass is 422 g/mol. The number of benzene rings is 2. The fraction of sp³-hybridized carbons (Fsp3) is 0.519. The van der Waals surface area contributed by atoms with E-state index < -0.39 is 5.54 Å². The van der Waals surface area contributed by atoms with E-state index in [1.54, 1.807) is 0 Å². The number of hydrogen-bond donors (Lipinski definition) is 0. The summed E-state index contributed by atoms with van der Waals surface area (Å²) in [5.41, 5.74) is 2.66. The van der Waals surface area contributed by atoms with Crippen LogP contribution in [0.2, 0.25) is 0 Å². The van der Waals surface area contributed by atoms with Crippen LogP contribution in [0.3, 0.4) is 0 Å². The Balaban J connectivity index is 1.99. The number of likely N-dealkylation sites (N-methyl/N-ethyl adjacent to an activating group) is 1. The first-order chi connectivity index (χ1) is 15.0. The van der Waals surface area contributed by atoms with Gasteiger partial charge in [-0.3, -0.25) is 9.69 Å². The highest BCUT2D eigenvalue weighted by atomic mass is 16.5. The normalized spacial score (nSPS) is 17.4. The summed E-state index contributed by atoms with van der Waals surface area (Å²) in [5.74, 6) is 0.384. The van der Waals surface area contributed by atoms with Crippen molar-refractivity contribution < 1.29 is 9.53 Å². The summed E-state index contributed by atoms with van der Waals surface area (Å²) in [7, 11) is 4.14. The molecule has 3 rings (SSSR count). The van der Waals surface area contributed by atoms with E-state index in [-0.39, 0.29) is 11.7 Å². The van der Waals surface area contributed by atoms with Crippen LogP contribution in [0.1, 0.15) is 61.4 Å². The van der Waals surface area contributed by atoms with Crippen molar-refractivity contribution in [1.29, 1.82) is 0 Å². The number of ketones is 1. The van der Waals surface area contributed by atoms with Gasteiger partial charge in [0.25, 0.3) is 0 Å². The van der Waals surface area contributed by atoms with Crippen molar-refractivity contribution in [3.05, 3.63) is 65.7 Å². The Morgan fingerprint density at radius 2 is 1.65 bits per heavy atom. The van der Waals surface area contributed by atoms with Crippen LogP contribution in [0.5, 0.6) is 0 Å². The molecule has 0 bridgehead atoms. The van der Waals surface area contributed by atoms with Gasteiger partial charge < -0.3 is 9.64 Å². The van der Waals surface area contributed by atoms with E-state index in [9.17, 15) is 4.79 Å². The minimum atomic E-state index is -0.563. The molecule has 1 aliphatic heterocycles. The largest absolute Gasteiger partial charge is 0.378 e. The molecule has 4 nitrogen and oxygen atoms in total. The minimum absolute atomic E-state index is 0.153. The molecule has 0 aliphatic carbocycles. The van der Waals surface area contributed by atoms with Gasteiger partial charge in [-0.1, -0.05) is 57.0 Å². The quantitative estimate of drug-likeness (QED) is 0.481. The molecule has 0 spiro atoms. The first kappa shape index (κ1) is 23.5. The van der Waals surface area contributed by atoms with Gasteiger partial charge in [0.1, 0.15) is 0 Å². The Morgan fingerprint density at radius 3 is 2.19 bits per heavy atom. The number of rotatable bonds is 10. The molecule has 0 amide bonds. The van der Waals surface area contributed by atoms with Gasteiger partial charge in [0.2, 0.25) is 0 Å². The summed E-state index contributed by atoms with van der Waals surface area (Å²) in [4.78, 5) is 18.7. The standard InChI is InChI=1S/C27H38N2O2/c1-5-10-25(22-11-8-7-9-12-22)27(17-6-2,28(3)4)26(30)23-13-15-24(16-14-23)29-18-20-31-21-19-29/h7-9,11-16,25H,5-6,10,17-21H2,1-4H3. The highest BCUT2D eigenvalue weighted by molar-refractivity contribution is 6.04. The van der Waals surface area contributed by atoms with E-state index in [0.717, 1.165) is 57.6 Å². The van der Waals surface area contributed by atoms with Gasteiger partial charge in [-0.25, -0.2) is 0 Å². The Morgan fingerprint density at radius 1 is 1.00 bits per heavy atom. The number of ether oxygens (including phenoxy) is 1. The lowest BCUT2D eigenvalue weighted by atomic mass is 9.69. The van der Waals surface area contributed by atoms with Gasteiger partial charge >= 0.3 is 0 Å². The molecule has 4 heteroatoms. The molecule has 31 heavy (non-hydrogen) atoms. The fourth-order valence-electron chi connectivity index (χ4n) is 5.12. The maximum Gasteiger partial charge on any atom is 0.183 e. The summed E-state index contributed by atoms with van der Waals surface area (Å²) in [6.45, 7) is 7.72. The van der Waals surface area contributed by atoms with Gasteiger partial charge in [-0.05, 0) is 56.8 Å². The molecule has 2 aromatic rings. The zero-order valence-electron chi connectivity index (χ0n) is 19.6. The van der Waals surface area contributed by atoms with Crippen LogP contribution in [-0.2, 0) is 4.74 Å². The highest BCUT2D eigenvalue weighted by Gasteiger charge is 2.47. The Labute approximate surface area is 188 Å². The molecule has 168 valence electrons. The summed E-state index contributed by atoms with van der Waals surface area (Å²) in [6, 6.07) is 18.8. The molecule has 0 N–H and O–H groups in total. The summed E-state index contributed by atoms with van der Waals surface area (Å²) < 4.78 is 5.47. The van der Waals surface area contributed by atoms with Crippen LogP contribution in [0.25, 0.3) is 0 Å². The molecule has 2 unspecified atom stereocenters. The first-order valence-electron chi connectivity index (χ1n) is 11.7. The van der Waals surface area contributed by atoms with E-state index in [1.165, 1.54) is 11.3 Å². The predicted octanol–water partition coefficient (Wildman–Crippen LogP) is 5.39. The minimum Gasteiger partial charge on any atom is -0.378 e. The van der Waals surface area contributed by atoms with Crippen LogP contribution in [0.15, 0.2) is 54.6 Å². The Hall–Kier alpha value is -2.17. The lowest BCUT2D eigenvalue weighted by Gasteiger charge is -2.45. The van der Waals surface area contributed by atoms with Crippen molar-refractivity contribution >= 4 is 11.5 Å². The third-order valence-corrected chi connectivity index (χ3v) is 6.68.